The lowest BCUT2D eigenvalue weighted by atomic mass is 10.1. The van der Waals surface area contributed by atoms with Crippen LogP contribution in [0, 0.1) is 5.82 Å². The van der Waals surface area contributed by atoms with E-state index in [0.717, 1.165) is 32.5 Å². The Kier molecular flexibility index (Phi) is 4.84. The summed E-state index contributed by atoms with van der Waals surface area (Å²) in [6.45, 7) is 5.52. The van der Waals surface area contributed by atoms with Crippen molar-refractivity contribution in [2.45, 2.75) is 32.2 Å². The first kappa shape index (κ1) is 13.6. The first-order chi connectivity index (χ1) is 8.69. The number of benzene rings is 1. The lowest BCUT2D eigenvalue weighted by Crippen LogP contribution is -2.26. The average molecular weight is 271 g/mol. The molecule has 0 aliphatic carbocycles. The van der Waals surface area contributed by atoms with Gasteiger partial charge in [0.25, 0.3) is 0 Å². The van der Waals surface area contributed by atoms with Crippen molar-refractivity contribution in [2.75, 3.05) is 25.0 Å². The lowest BCUT2D eigenvalue weighted by molar-refractivity contribution is 0.300. The summed E-state index contributed by atoms with van der Waals surface area (Å²) in [6.07, 6.45) is 3.33. The third kappa shape index (κ3) is 3.59. The Bertz CT molecular complexity index is 397. The third-order valence-electron chi connectivity index (χ3n) is 3.56. The summed E-state index contributed by atoms with van der Waals surface area (Å²) < 4.78 is 13.7. The molecule has 1 atom stereocenters. The summed E-state index contributed by atoms with van der Waals surface area (Å²) >= 11 is 5.75. The Morgan fingerprint density at radius 3 is 2.94 bits per heavy atom. The van der Waals surface area contributed by atoms with Crippen LogP contribution >= 0.6 is 11.6 Å². The molecule has 1 N–H and O–H groups in total. The maximum absolute atomic E-state index is 13.7. The normalized spacial score (nSPS) is 21.6. The molecule has 18 heavy (non-hydrogen) atoms. The van der Waals surface area contributed by atoms with Crippen molar-refractivity contribution in [3.8, 4) is 0 Å². The summed E-state index contributed by atoms with van der Waals surface area (Å²) in [5, 5.41) is 3.74. The van der Waals surface area contributed by atoms with Gasteiger partial charge in [-0.2, -0.15) is 0 Å². The molecule has 0 amide bonds. The zero-order chi connectivity index (χ0) is 13.0. The van der Waals surface area contributed by atoms with E-state index in [1.165, 1.54) is 12.5 Å². The molecule has 1 fully saturated rings. The molecule has 1 aliphatic rings. The second-order valence-corrected chi connectivity index (χ2v) is 5.27. The Hall–Kier alpha value is -0.800. The molecule has 0 aromatic heterocycles. The number of anilines is 1. The van der Waals surface area contributed by atoms with E-state index in [-0.39, 0.29) is 5.82 Å². The van der Waals surface area contributed by atoms with Crippen molar-refractivity contribution in [3.63, 3.8) is 0 Å². The van der Waals surface area contributed by atoms with E-state index in [2.05, 4.69) is 17.1 Å². The minimum Gasteiger partial charge on any atom is -0.380 e. The number of hydrogen-bond acceptors (Lipinski definition) is 2. The molecule has 0 saturated carbocycles. The Morgan fingerprint density at radius 2 is 2.22 bits per heavy atom. The summed E-state index contributed by atoms with van der Waals surface area (Å²) in [5.41, 5.74) is 0.564. The predicted octanol–water partition coefficient (Wildman–Crippen LogP) is 3.77. The number of nitrogens with zero attached hydrogens (tertiary/aromatic N) is 1. The van der Waals surface area contributed by atoms with Gasteiger partial charge in [0.1, 0.15) is 5.82 Å². The van der Waals surface area contributed by atoms with E-state index in [0.29, 0.717) is 16.8 Å². The Labute approximate surface area is 113 Å². The van der Waals surface area contributed by atoms with E-state index in [4.69, 9.17) is 11.6 Å². The lowest BCUT2D eigenvalue weighted by Gasteiger charge is -2.19. The van der Waals surface area contributed by atoms with Crippen LogP contribution in [-0.2, 0) is 0 Å². The van der Waals surface area contributed by atoms with Gasteiger partial charge >= 0.3 is 0 Å². The molecule has 0 bridgehead atoms. The van der Waals surface area contributed by atoms with Crippen molar-refractivity contribution in [1.82, 2.24) is 4.90 Å². The summed E-state index contributed by atoms with van der Waals surface area (Å²) in [5.74, 6) is -0.265. The van der Waals surface area contributed by atoms with Crippen molar-refractivity contribution in [3.05, 3.63) is 29.0 Å². The van der Waals surface area contributed by atoms with Crippen LogP contribution in [0.5, 0.6) is 0 Å². The van der Waals surface area contributed by atoms with Gasteiger partial charge in [-0.3, -0.25) is 0 Å². The highest BCUT2D eigenvalue weighted by Crippen LogP contribution is 2.22. The number of rotatable bonds is 3. The maximum atomic E-state index is 13.7. The van der Waals surface area contributed by atoms with Gasteiger partial charge in [-0.15, -0.1) is 0 Å². The summed E-state index contributed by atoms with van der Waals surface area (Å²) in [7, 11) is 0. The molecule has 0 spiro atoms. The molecule has 1 aromatic rings. The summed E-state index contributed by atoms with van der Waals surface area (Å²) in [6, 6.07) is 5.17. The first-order valence-corrected chi connectivity index (χ1v) is 7.00. The highest BCUT2D eigenvalue weighted by molar-refractivity contribution is 6.30. The molecular weight excluding hydrogens is 251 g/mol. The highest BCUT2D eigenvalue weighted by atomic mass is 35.5. The number of halogens is 2. The van der Waals surface area contributed by atoms with Crippen LogP contribution in [-0.4, -0.2) is 30.6 Å². The fourth-order valence-corrected chi connectivity index (χ4v) is 2.60. The molecular formula is C14H20ClFN2. The van der Waals surface area contributed by atoms with E-state index < -0.39 is 0 Å². The molecule has 1 aromatic carbocycles. The third-order valence-corrected chi connectivity index (χ3v) is 3.79. The van der Waals surface area contributed by atoms with Gasteiger partial charge < -0.3 is 10.2 Å². The van der Waals surface area contributed by atoms with Crippen LogP contribution in [0.2, 0.25) is 5.02 Å². The smallest absolute Gasteiger partial charge is 0.147 e. The van der Waals surface area contributed by atoms with Gasteiger partial charge in [0, 0.05) is 17.6 Å². The van der Waals surface area contributed by atoms with Gasteiger partial charge in [0.2, 0.25) is 0 Å². The SMILES string of the molecule is CCN1CCCC(Nc2ccc(Cl)cc2F)CC1. The largest absolute Gasteiger partial charge is 0.380 e. The van der Waals surface area contributed by atoms with Crippen molar-refractivity contribution in [2.24, 2.45) is 0 Å². The highest BCUT2D eigenvalue weighted by Gasteiger charge is 2.16. The fraction of sp³-hybridized carbons (Fsp3) is 0.571. The molecule has 0 radical (unpaired) electrons. The van der Waals surface area contributed by atoms with Gasteiger partial charge in [0.05, 0.1) is 5.69 Å². The topological polar surface area (TPSA) is 15.3 Å². The van der Waals surface area contributed by atoms with Crippen LogP contribution in [0.3, 0.4) is 0 Å². The second kappa shape index (κ2) is 6.39. The van der Waals surface area contributed by atoms with Crippen LogP contribution in [0.1, 0.15) is 26.2 Å². The molecule has 1 saturated heterocycles. The van der Waals surface area contributed by atoms with Gasteiger partial charge in [-0.05, 0) is 50.6 Å². The van der Waals surface area contributed by atoms with Crippen LogP contribution in [0.4, 0.5) is 10.1 Å². The van der Waals surface area contributed by atoms with E-state index in [1.54, 1.807) is 12.1 Å². The number of likely N-dealkylation sites (tertiary alicyclic amines) is 1. The summed E-state index contributed by atoms with van der Waals surface area (Å²) in [4.78, 5) is 2.44. The fourth-order valence-electron chi connectivity index (χ4n) is 2.44. The van der Waals surface area contributed by atoms with Gasteiger partial charge in [-0.1, -0.05) is 18.5 Å². The minimum atomic E-state index is -0.265. The van der Waals surface area contributed by atoms with Crippen LogP contribution < -0.4 is 5.32 Å². The van der Waals surface area contributed by atoms with Crippen molar-refractivity contribution >= 4 is 17.3 Å². The second-order valence-electron chi connectivity index (χ2n) is 4.83. The zero-order valence-electron chi connectivity index (χ0n) is 10.8. The van der Waals surface area contributed by atoms with Crippen molar-refractivity contribution < 1.29 is 4.39 Å². The van der Waals surface area contributed by atoms with Crippen LogP contribution in [0.25, 0.3) is 0 Å². The van der Waals surface area contributed by atoms with E-state index in [9.17, 15) is 4.39 Å². The molecule has 1 unspecified atom stereocenters. The Morgan fingerprint density at radius 1 is 1.39 bits per heavy atom. The monoisotopic (exact) mass is 270 g/mol. The molecule has 4 heteroatoms. The molecule has 1 aliphatic heterocycles. The molecule has 2 nitrogen and oxygen atoms in total. The quantitative estimate of drug-likeness (QED) is 0.900. The molecule has 100 valence electrons. The first-order valence-electron chi connectivity index (χ1n) is 6.63. The Balaban J connectivity index is 1.96. The van der Waals surface area contributed by atoms with Crippen molar-refractivity contribution in [1.29, 1.82) is 0 Å². The van der Waals surface area contributed by atoms with E-state index >= 15 is 0 Å². The molecule has 2 rings (SSSR count). The zero-order valence-corrected chi connectivity index (χ0v) is 11.5. The minimum absolute atomic E-state index is 0.265. The number of hydrogen-bond donors (Lipinski definition) is 1. The predicted molar refractivity (Wildman–Crippen MR) is 74.8 cm³/mol. The molecule has 1 heterocycles. The maximum Gasteiger partial charge on any atom is 0.147 e. The van der Waals surface area contributed by atoms with E-state index in [1.807, 2.05) is 0 Å². The average Bonchev–Trinajstić information content (AvgIpc) is 2.58. The van der Waals surface area contributed by atoms with Crippen LogP contribution in [0.15, 0.2) is 18.2 Å². The standard InChI is InChI=1S/C14H20ClFN2/c1-2-18-8-3-4-12(7-9-18)17-14-6-5-11(15)10-13(14)16/h5-6,10,12,17H,2-4,7-9H2,1H3. The number of nitrogens with one attached hydrogen (secondary N) is 1. The van der Waals surface area contributed by atoms with Gasteiger partial charge in [0.15, 0.2) is 0 Å². The van der Waals surface area contributed by atoms with Gasteiger partial charge in [-0.25, -0.2) is 4.39 Å².